The second-order valence-electron chi connectivity index (χ2n) is 5.70. The molecule has 1 aromatic rings. The van der Waals surface area contributed by atoms with Crippen molar-refractivity contribution >= 4 is 24.7 Å². The molecule has 0 unspecified atom stereocenters. The van der Waals surface area contributed by atoms with E-state index in [4.69, 9.17) is 10.0 Å². The molecule has 19 heavy (non-hydrogen) atoms. The molecule has 104 valence electrons. The SMILES string of the molecule is [Cl][Ge][n]1c(CN2CCCC2)ccc1CN1CCCC1. The summed E-state index contributed by atoms with van der Waals surface area (Å²) in [5.74, 6) is 0. The van der Waals surface area contributed by atoms with Crippen molar-refractivity contribution in [1.82, 2.24) is 13.3 Å². The van der Waals surface area contributed by atoms with Crippen LogP contribution >= 0.6 is 10.0 Å². The third kappa shape index (κ3) is 3.38. The molecule has 5 heteroatoms. The van der Waals surface area contributed by atoms with E-state index in [0.717, 1.165) is 13.1 Å². The van der Waals surface area contributed by atoms with Gasteiger partial charge in [-0.3, -0.25) is 0 Å². The van der Waals surface area contributed by atoms with Crippen LogP contribution in [0.1, 0.15) is 37.1 Å². The van der Waals surface area contributed by atoms with Crippen molar-refractivity contribution in [2.45, 2.75) is 38.8 Å². The van der Waals surface area contributed by atoms with E-state index in [2.05, 4.69) is 25.5 Å². The molecule has 0 atom stereocenters. The van der Waals surface area contributed by atoms with Crippen LogP contribution in [0.15, 0.2) is 12.1 Å². The van der Waals surface area contributed by atoms with Gasteiger partial charge in [0, 0.05) is 0 Å². The van der Waals surface area contributed by atoms with Crippen molar-refractivity contribution in [1.29, 1.82) is 0 Å². The van der Waals surface area contributed by atoms with Crippen molar-refractivity contribution in [3.63, 3.8) is 0 Å². The molecule has 2 aliphatic heterocycles. The summed E-state index contributed by atoms with van der Waals surface area (Å²) < 4.78 is 2.43. The molecule has 3 heterocycles. The summed E-state index contributed by atoms with van der Waals surface area (Å²) in [6, 6.07) is 4.60. The van der Waals surface area contributed by atoms with Crippen LogP contribution in [0.4, 0.5) is 0 Å². The quantitative estimate of drug-likeness (QED) is 0.762. The average Bonchev–Trinajstić information content (AvgIpc) is 3.13. The fraction of sp³-hybridized carbons (Fsp3) is 0.714. The van der Waals surface area contributed by atoms with Gasteiger partial charge in [-0.1, -0.05) is 0 Å². The summed E-state index contributed by atoms with van der Waals surface area (Å²) in [5, 5.41) is 0. The van der Waals surface area contributed by atoms with Crippen LogP contribution in [-0.2, 0) is 13.1 Å². The topological polar surface area (TPSA) is 11.4 Å². The standard InChI is InChI=1S/C14H22ClGeN3/c15-16-19-13(11-17-7-1-2-8-17)5-6-14(19)12-18-9-3-4-10-18/h5-6H,1-4,7-12H2. The van der Waals surface area contributed by atoms with Gasteiger partial charge in [0.2, 0.25) is 0 Å². The maximum absolute atomic E-state index is 6.30. The zero-order valence-corrected chi connectivity index (χ0v) is 14.3. The fourth-order valence-corrected chi connectivity index (χ4v) is 5.41. The molecule has 2 fully saturated rings. The summed E-state index contributed by atoms with van der Waals surface area (Å²) >= 11 is -0.540. The van der Waals surface area contributed by atoms with Crippen LogP contribution in [0.3, 0.4) is 0 Å². The Morgan fingerprint density at radius 2 is 1.26 bits per heavy atom. The van der Waals surface area contributed by atoms with E-state index >= 15 is 0 Å². The van der Waals surface area contributed by atoms with Crippen molar-refractivity contribution < 1.29 is 0 Å². The Morgan fingerprint density at radius 1 is 0.842 bits per heavy atom. The molecule has 0 spiro atoms. The van der Waals surface area contributed by atoms with Crippen molar-refractivity contribution in [2.75, 3.05) is 26.2 Å². The van der Waals surface area contributed by atoms with E-state index in [1.807, 2.05) is 0 Å². The fourth-order valence-electron chi connectivity index (χ4n) is 3.22. The van der Waals surface area contributed by atoms with Crippen LogP contribution in [-0.4, -0.2) is 54.2 Å². The first kappa shape index (κ1) is 14.0. The van der Waals surface area contributed by atoms with Crippen LogP contribution in [0.25, 0.3) is 0 Å². The predicted octanol–water partition coefficient (Wildman–Crippen LogP) is 2.30. The number of hydrogen-bond donors (Lipinski definition) is 0. The third-order valence-corrected chi connectivity index (χ3v) is 6.73. The Kier molecular flexibility index (Phi) is 4.90. The Morgan fingerprint density at radius 3 is 1.63 bits per heavy atom. The van der Waals surface area contributed by atoms with Crippen LogP contribution in [0.5, 0.6) is 0 Å². The molecule has 2 aliphatic rings. The zero-order chi connectivity index (χ0) is 13.1. The van der Waals surface area contributed by atoms with E-state index in [-0.39, 0.29) is 0 Å². The van der Waals surface area contributed by atoms with Gasteiger partial charge in [0.15, 0.2) is 0 Å². The number of halogens is 1. The summed E-state index contributed by atoms with van der Waals surface area (Å²) in [6.07, 6.45) is 5.44. The number of hydrogen-bond acceptors (Lipinski definition) is 2. The van der Waals surface area contributed by atoms with Gasteiger partial charge >= 0.3 is 127 Å². The van der Waals surface area contributed by atoms with Crippen LogP contribution in [0, 0.1) is 0 Å². The zero-order valence-electron chi connectivity index (χ0n) is 11.4. The van der Waals surface area contributed by atoms with Gasteiger partial charge in [-0.15, -0.1) is 0 Å². The van der Waals surface area contributed by atoms with Crippen LogP contribution < -0.4 is 0 Å². The monoisotopic (exact) mass is 341 g/mol. The average molecular weight is 340 g/mol. The summed E-state index contributed by atoms with van der Waals surface area (Å²) in [6.45, 7) is 7.22. The van der Waals surface area contributed by atoms with Gasteiger partial charge in [0.05, 0.1) is 0 Å². The number of nitrogens with zero attached hydrogens (tertiary/aromatic N) is 3. The van der Waals surface area contributed by atoms with Gasteiger partial charge in [-0.2, -0.15) is 0 Å². The summed E-state index contributed by atoms with van der Waals surface area (Å²) in [7, 11) is 6.30. The molecule has 0 saturated carbocycles. The van der Waals surface area contributed by atoms with Crippen molar-refractivity contribution in [3.05, 3.63) is 23.5 Å². The number of likely N-dealkylation sites (tertiary alicyclic amines) is 2. The Bertz CT molecular complexity index is 373. The molecular weight excluding hydrogens is 318 g/mol. The molecule has 1 aromatic heterocycles. The van der Waals surface area contributed by atoms with E-state index in [1.54, 1.807) is 0 Å². The molecule has 0 aromatic carbocycles. The molecule has 0 aliphatic carbocycles. The van der Waals surface area contributed by atoms with E-state index in [9.17, 15) is 0 Å². The Labute approximate surface area is 126 Å². The molecule has 3 nitrogen and oxygen atoms in total. The third-order valence-electron chi connectivity index (χ3n) is 4.30. The first-order valence-corrected chi connectivity index (χ1v) is 11.1. The van der Waals surface area contributed by atoms with Crippen molar-refractivity contribution in [2.24, 2.45) is 0 Å². The Balaban J connectivity index is 1.68. The normalized spacial score (nSPS) is 21.5. The first-order valence-electron chi connectivity index (χ1n) is 7.37. The van der Waals surface area contributed by atoms with Gasteiger partial charge < -0.3 is 0 Å². The second-order valence-corrected chi connectivity index (χ2v) is 7.87. The molecule has 0 amide bonds. The maximum atomic E-state index is 6.30. The van der Waals surface area contributed by atoms with Gasteiger partial charge in [-0.05, 0) is 0 Å². The van der Waals surface area contributed by atoms with Gasteiger partial charge in [0.1, 0.15) is 0 Å². The summed E-state index contributed by atoms with van der Waals surface area (Å²) in [5.41, 5.74) is 2.87. The minimum absolute atomic E-state index is 0.540. The van der Waals surface area contributed by atoms with Crippen LogP contribution in [0.2, 0.25) is 0 Å². The second kappa shape index (κ2) is 6.66. The molecule has 2 radical (unpaired) electrons. The molecule has 0 bridgehead atoms. The van der Waals surface area contributed by atoms with E-state index < -0.39 is 14.7 Å². The molecule has 3 rings (SSSR count). The summed E-state index contributed by atoms with van der Waals surface area (Å²) in [4.78, 5) is 5.12. The van der Waals surface area contributed by atoms with Gasteiger partial charge in [-0.25, -0.2) is 0 Å². The molecule has 0 N–H and O–H groups in total. The predicted molar refractivity (Wildman–Crippen MR) is 80.5 cm³/mol. The van der Waals surface area contributed by atoms with Gasteiger partial charge in [0.25, 0.3) is 0 Å². The van der Waals surface area contributed by atoms with Crippen molar-refractivity contribution in [3.8, 4) is 0 Å². The van der Waals surface area contributed by atoms with E-state index in [0.29, 0.717) is 0 Å². The molecular formula is C14H22ClGeN3. The van der Waals surface area contributed by atoms with E-state index in [1.165, 1.54) is 63.3 Å². The molecule has 2 saturated heterocycles. The number of aromatic nitrogens is 1. The Hall–Kier alpha value is 0.0329. The number of rotatable bonds is 5. The minimum atomic E-state index is -0.540. The first-order chi connectivity index (χ1) is 9.36.